The fraction of sp³-hybridized carbons (Fsp3) is 0.360. The second-order valence-corrected chi connectivity index (χ2v) is 7.68. The number of benzene rings is 2. The van der Waals surface area contributed by atoms with Gasteiger partial charge >= 0.3 is 0 Å². The van der Waals surface area contributed by atoms with Crippen LogP contribution in [0.3, 0.4) is 0 Å². The maximum atomic E-state index is 13.1. The zero-order chi connectivity index (χ0) is 21.3. The van der Waals surface area contributed by atoms with Crippen molar-refractivity contribution in [2.75, 3.05) is 34.4 Å². The standard InChI is InChI=1S/C25H30N2O3/c1-27(2)15-6-4-5-7-16-30-25-23(9-8-14-26-25)24(28)21-11-10-20-18-22(29-3)13-12-19(20)17-21/h8-14,17-18H,4-7,15-16H2,1-3H3. The summed E-state index contributed by atoms with van der Waals surface area (Å²) in [6.07, 6.45) is 6.09. The molecule has 0 unspecified atom stereocenters. The van der Waals surface area contributed by atoms with Crippen molar-refractivity contribution in [1.82, 2.24) is 9.88 Å². The molecular weight excluding hydrogens is 376 g/mol. The van der Waals surface area contributed by atoms with Crippen LogP contribution in [0.15, 0.2) is 54.7 Å². The number of ketones is 1. The molecule has 2 aromatic carbocycles. The number of carbonyl (C=O) groups is 1. The third kappa shape index (κ3) is 5.80. The van der Waals surface area contributed by atoms with Gasteiger partial charge in [-0.15, -0.1) is 0 Å². The van der Waals surface area contributed by atoms with E-state index >= 15 is 0 Å². The lowest BCUT2D eigenvalue weighted by Gasteiger charge is -2.11. The number of hydrogen-bond donors (Lipinski definition) is 0. The third-order valence-electron chi connectivity index (χ3n) is 5.06. The summed E-state index contributed by atoms with van der Waals surface area (Å²) in [5.74, 6) is 1.12. The van der Waals surface area contributed by atoms with E-state index in [9.17, 15) is 4.79 Å². The van der Waals surface area contributed by atoms with Crippen molar-refractivity contribution in [2.24, 2.45) is 0 Å². The summed E-state index contributed by atoms with van der Waals surface area (Å²) in [7, 11) is 5.83. The Bertz CT molecular complexity index is 985. The fourth-order valence-corrected chi connectivity index (χ4v) is 3.38. The molecule has 0 N–H and O–H groups in total. The first kappa shape index (κ1) is 21.8. The van der Waals surface area contributed by atoms with Crippen LogP contribution in [0, 0.1) is 0 Å². The number of ether oxygens (including phenoxy) is 2. The molecule has 0 aliphatic carbocycles. The van der Waals surface area contributed by atoms with Crippen molar-refractivity contribution in [3.05, 3.63) is 65.9 Å². The van der Waals surface area contributed by atoms with Crippen molar-refractivity contribution in [3.8, 4) is 11.6 Å². The first-order valence-corrected chi connectivity index (χ1v) is 10.4. The van der Waals surface area contributed by atoms with Gasteiger partial charge in [0, 0.05) is 11.8 Å². The Kier molecular flexibility index (Phi) is 7.80. The fourth-order valence-electron chi connectivity index (χ4n) is 3.38. The van der Waals surface area contributed by atoms with E-state index in [0.29, 0.717) is 23.6 Å². The average molecular weight is 407 g/mol. The Morgan fingerprint density at radius 3 is 2.53 bits per heavy atom. The molecular formula is C25H30N2O3. The van der Waals surface area contributed by atoms with Gasteiger partial charge in [0.25, 0.3) is 0 Å². The molecule has 3 aromatic rings. The Balaban J connectivity index is 1.64. The smallest absolute Gasteiger partial charge is 0.224 e. The molecule has 3 rings (SSSR count). The highest BCUT2D eigenvalue weighted by Gasteiger charge is 2.16. The first-order valence-electron chi connectivity index (χ1n) is 10.4. The van der Waals surface area contributed by atoms with Gasteiger partial charge in [-0.25, -0.2) is 4.98 Å². The lowest BCUT2D eigenvalue weighted by atomic mass is 10.0. The number of rotatable bonds is 11. The minimum absolute atomic E-state index is 0.0817. The largest absolute Gasteiger partial charge is 0.497 e. The van der Waals surface area contributed by atoms with Gasteiger partial charge in [-0.1, -0.05) is 31.0 Å². The Hall–Kier alpha value is -2.92. The Labute approximate surface area is 178 Å². The highest BCUT2D eigenvalue weighted by Crippen LogP contribution is 2.25. The molecule has 0 aliphatic heterocycles. The van der Waals surface area contributed by atoms with Gasteiger partial charge in [0.1, 0.15) is 5.75 Å². The topological polar surface area (TPSA) is 51.7 Å². The van der Waals surface area contributed by atoms with E-state index < -0.39 is 0 Å². The second kappa shape index (κ2) is 10.7. The van der Waals surface area contributed by atoms with Gasteiger partial charge in [0.2, 0.25) is 5.88 Å². The highest BCUT2D eigenvalue weighted by molar-refractivity contribution is 6.11. The summed E-state index contributed by atoms with van der Waals surface area (Å²) < 4.78 is 11.1. The predicted octanol–water partition coefficient (Wildman–Crippen LogP) is 4.98. The summed E-state index contributed by atoms with van der Waals surface area (Å²) in [5.41, 5.74) is 1.12. The number of pyridine rings is 1. The van der Waals surface area contributed by atoms with Crippen LogP contribution >= 0.6 is 0 Å². The van der Waals surface area contributed by atoms with Crippen LogP contribution in [0.1, 0.15) is 41.6 Å². The van der Waals surface area contributed by atoms with Crippen molar-refractivity contribution in [1.29, 1.82) is 0 Å². The van der Waals surface area contributed by atoms with E-state index in [1.54, 1.807) is 25.4 Å². The Morgan fingerprint density at radius 1 is 0.967 bits per heavy atom. The lowest BCUT2D eigenvalue weighted by Crippen LogP contribution is -2.12. The molecule has 0 radical (unpaired) electrons. The zero-order valence-electron chi connectivity index (χ0n) is 18.1. The van der Waals surface area contributed by atoms with Crippen LogP contribution in [-0.2, 0) is 0 Å². The van der Waals surface area contributed by atoms with Crippen LogP contribution in [0.4, 0.5) is 0 Å². The van der Waals surface area contributed by atoms with Gasteiger partial charge in [-0.2, -0.15) is 0 Å². The van der Waals surface area contributed by atoms with Crippen LogP contribution in [-0.4, -0.2) is 50.0 Å². The summed E-state index contributed by atoms with van der Waals surface area (Å²) in [5, 5.41) is 2.02. The second-order valence-electron chi connectivity index (χ2n) is 7.68. The minimum atomic E-state index is -0.0817. The molecule has 0 spiro atoms. The number of methoxy groups -OCH3 is 1. The summed E-state index contributed by atoms with van der Waals surface area (Å²) >= 11 is 0. The van der Waals surface area contributed by atoms with Crippen LogP contribution in [0.2, 0.25) is 0 Å². The Morgan fingerprint density at radius 2 is 1.73 bits per heavy atom. The summed E-state index contributed by atoms with van der Waals surface area (Å²) in [6.45, 7) is 1.68. The number of unbranched alkanes of at least 4 members (excludes halogenated alkanes) is 3. The van der Waals surface area contributed by atoms with Gasteiger partial charge in [-0.3, -0.25) is 4.79 Å². The number of fused-ring (bicyclic) bond motifs is 1. The first-order chi connectivity index (χ1) is 14.6. The van der Waals surface area contributed by atoms with Gasteiger partial charge in [0.05, 0.1) is 19.3 Å². The normalized spacial score (nSPS) is 11.1. The van der Waals surface area contributed by atoms with E-state index in [-0.39, 0.29) is 5.78 Å². The number of aromatic nitrogens is 1. The molecule has 30 heavy (non-hydrogen) atoms. The van der Waals surface area contributed by atoms with Crippen LogP contribution < -0.4 is 9.47 Å². The maximum Gasteiger partial charge on any atom is 0.224 e. The molecule has 0 atom stereocenters. The number of hydrogen-bond acceptors (Lipinski definition) is 5. The van der Waals surface area contributed by atoms with Crippen LogP contribution in [0.25, 0.3) is 10.8 Å². The summed E-state index contributed by atoms with van der Waals surface area (Å²) in [4.78, 5) is 19.6. The van der Waals surface area contributed by atoms with Crippen molar-refractivity contribution in [3.63, 3.8) is 0 Å². The van der Waals surface area contributed by atoms with E-state index in [2.05, 4.69) is 24.0 Å². The molecule has 0 fully saturated rings. The lowest BCUT2D eigenvalue weighted by molar-refractivity contribution is 0.103. The molecule has 5 heteroatoms. The van der Waals surface area contributed by atoms with Gasteiger partial charge < -0.3 is 14.4 Å². The van der Waals surface area contributed by atoms with Crippen molar-refractivity contribution < 1.29 is 14.3 Å². The highest BCUT2D eigenvalue weighted by atomic mass is 16.5. The van der Waals surface area contributed by atoms with Gasteiger partial charge in [0.15, 0.2) is 5.78 Å². The minimum Gasteiger partial charge on any atom is -0.497 e. The molecule has 0 saturated carbocycles. The zero-order valence-corrected chi connectivity index (χ0v) is 18.1. The van der Waals surface area contributed by atoms with E-state index in [0.717, 1.165) is 35.9 Å². The monoisotopic (exact) mass is 406 g/mol. The summed E-state index contributed by atoms with van der Waals surface area (Å²) in [6, 6.07) is 15.0. The molecule has 1 aromatic heterocycles. The average Bonchev–Trinajstić information content (AvgIpc) is 2.77. The molecule has 0 aliphatic rings. The molecule has 1 heterocycles. The SMILES string of the molecule is COc1ccc2cc(C(=O)c3cccnc3OCCCCCCN(C)C)ccc2c1. The van der Waals surface area contributed by atoms with Crippen molar-refractivity contribution in [2.45, 2.75) is 25.7 Å². The quantitative estimate of drug-likeness (QED) is 0.332. The molecule has 0 saturated heterocycles. The van der Waals surface area contributed by atoms with Crippen LogP contribution in [0.5, 0.6) is 11.6 Å². The number of nitrogens with zero attached hydrogens (tertiary/aromatic N) is 2. The molecule has 158 valence electrons. The third-order valence-corrected chi connectivity index (χ3v) is 5.06. The molecule has 5 nitrogen and oxygen atoms in total. The molecule has 0 amide bonds. The van der Waals surface area contributed by atoms with Crippen molar-refractivity contribution >= 4 is 16.6 Å². The van der Waals surface area contributed by atoms with Gasteiger partial charge in [-0.05, 0) is 74.6 Å². The predicted molar refractivity (Wildman–Crippen MR) is 121 cm³/mol. The van der Waals surface area contributed by atoms with E-state index in [1.807, 2.05) is 36.4 Å². The maximum absolute atomic E-state index is 13.1. The van der Waals surface area contributed by atoms with E-state index in [4.69, 9.17) is 9.47 Å². The number of carbonyl (C=O) groups excluding carboxylic acids is 1. The molecule has 0 bridgehead atoms. The van der Waals surface area contributed by atoms with E-state index in [1.165, 1.54) is 12.8 Å².